The van der Waals surface area contributed by atoms with Gasteiger partial charge in [0.1, 0.15) is 18.2 Å². The molecule has 0 atom stereocenters. The predicted octanol–water partition coefficient (Wildman–Crippen LogP) is 5.60. The van der Waals surface area contributed by atoms with E-state index in [2.05, 4.69) is 53.1 Å². The van der Waals surface area contributed by atoms with E-state index in [0.717, 1.165) is 24.9 Å². The van der Waals surface area contributed by atoms with Gasteiger partial charge in [0, 0.05) is 16.7 Å². The molecule has 2 aromatic rings. The molecule has 0 spiro atoms. The maximum Gasteiger partial charge on any atom is 0.147 e. The summed E-state index contributed by atoms with van der Waals surface area (Å²) in [6.45, 7) is 1.12. The Bertz CT molecular complexity index is 566. The molecule has 0 saturated carbocycles. The Morgan fingerprint density at radius 2 is 1.60 bits per heavy atom. The van der Waals surface area contributed by atoms with E-state index in [0.29, 0.717) is 13.2 Å². The van der Waals surface area contributed by atoms with Crippen LogP contribution in [-0.4, -0.2) is 13.2 Å². The molecule has 0 unspecified atom stereocenters. The Morgan fingerprint density at radius 3 is 2.20 bits per heavy atom. The molecule has 0 aromatic heterocycles. The lowest BCUT2D eigenvalue weighted by Crippen LogP contribution is -2.11. The lowest BCUT2D eigenvalue weighted by atomic mass is 10.3. The zero-order chi connectivity index (χ0) is 14.5. The summed E-state index contributed by atoms with van der Waals surface area (Å²) in [5.41, 5.74) is 0.865. The van der Waals surface area contributed by atoms with Gasteiger partial charge in [0.25, 0.3) is 0 Å². The molecule has 0 aliphatic carbocycles. The summed E-state index contributed by atoms with van der Waals surface area (Å²) in [6, 6.07) is 10.1. The molecular formula is C14H11Br3FNO. The molecule has 0 aliphatic rings. The van der Waals surface area contributed by atoms with Gasteiger partial charge in [0.2, 0.25) is 0 Å². The lowest BCUT2D eigenvalue weighted by molar-refractivity contribution is 0.328. The molecule has 0 aliphatic heterocycles. The first kappa shape index (κ1) is 15.8. The molecule has 2 aromatic carbocycles. The third kappa shape index (κ3) is 4.46. The topological polar surface area (TPSA) is 21.3 Å². The van der Waals surface area contributed by atoms with Crippen LogP contribution < -0.4 is 10.1 Å². The van der Waals surface area contributed by atoms with Crippen LogP contribution in [0.2, 0.25) is 0 Å². The quantitative estimate of drug-likeness (QED) is 0.577. The molecule has 20 heavy (non-hydrogen) atoms. The van der Waals surface area contributed by atoms with Crippen molar-refractivity contribution in [3.8, 4) is 5.75 Å². The number of nitrogens with one attached hydrogen (secondary N) is 1. The molecule has 106 valence electrons. The van der Waals surface area contributed by atoms with Crippen LogP contribution in [0.15, 0.2) is 49.8 Å². The zero-order valence-corrected chi connectivity index (χ0v) is 15.1. The van der Waals surface area contributed by atoms with Crippen molar-refractivity contribution in [1.82, 2.24) is 0 Å². The van der Waals surface area contributed by atoms with Gasteiger partial charge in [-0.25, -0.2) is 4.39 Å². The minimum absolute atomic E-state index is 0.241. The van der Waals surface area contributed by atoms with E-state index in [1.807, 2.05) is 12.1 Å². The second-order valence-electron chi connectivity index (χ2n) is 3.98. The summed E-state index contributed by atoms with van der Waals surface area (Å²) in [4.78, 5) is 0. The molecule has 1 N–H and O–H groups in total. The number of halogens is 4. The molecule has 0 amide bonds. The highest BCUT2D eigenvalue weighted by Gasteiger charge is 2.07. The molecule has 6 heteroatoms. The maximum absolute atomic E-state index is 12.8. The molecule has 0 saturated heterocycles. The van der Waals surface area contributed by atoms with Gasteiger partial charge in [-0.15, -0.1) is 0 Å². The van der Waals surface area contributed by atoms with E-state index in [1.165, 1.54) is 12.1 Å². The standard InChI is InChI=1S/C14H11Br3FNO/c15-9-7-12(16)14(13(17)8-9)20-6-5-19-11-3-1-10(18)2-4-11/h1-4,7-8,19H,5-6H2. The van der Waals surface area contributed by atoms with Crippen LogP contribution in [0.5, 0.6) is 5.75 Å². The first-order chi connectivity index (χ1) is 9.56. The SMILES string of the molecule is Fc1ccc(NCCOc2c(Br)cc(Br)cc2Br)cc1. The first-order valence-corrected chi connectivity index (χ1v) is 8.21. The average Bonchev–Trinajstić information content (AvgIpc) is 2.39. The minimum Gasteiger partial charge on any atom is -0.489 e. The van der Waals surface area contributed by atoms with Crippen molar-refractivity contribution in [3.63, 3.8) is 0 Å². The van der Waals surface area contributed by atoms with Gasteiger partial charge in [0.05, 0.1) is 8.95 Å². The van der Waals surface area contributed by atoms with Crippen molar-refractivity contribution in [2.45, 2.75) is 0 Å². The Balaban J connectivity index is 1.86. The van der Waals surface area contributed by atoms with Crippen LogP contribution in [-0.2, 0) is 0 Å². The van der Waals surface area contributed by atoms with Crippen LogP contribution in [0, 0.1) is 5.82 Å². The molecule has 0 radical (unpaired) electrons. The number of benzene rings is 2. The molecule has 2 rings (SSSR count). The number of hydrogen-bond acceptors (Lipinski definition) is 2. The fourth-order valence-electron chi connectivity index (χ4n) is 1.58. The van der Waals surface area contributed by atoms with E-state index in [-0.39, 0.29) is 5.82 Å². The summed E-state index contributed by atoms with van der Waals surface area (Å²) in [6.07, 6.45) is 0. The normalized spacial score (nSPS) is 10.4. The Morgan fingerprint density at radius 1 is 1.00 bits per heavy atom. The van der Waals surface area contributed by atoms with E-state index < -0.39 is 0 Å². The van der Waals surface area contributed by atoms with Crippen LogP contribution in [0.3, 0.4) is 0 Å². The van der Waals surface area contributed by atoms with Gasteiger partial charge in [-0.3, -0.25) is 0 Å². The smallest absolute Gasteiger partial charge is 0.147 e. The molecule has 0 heterocycles. The minimum atomic E-state index is -0.241. The van der Waals surface area contributed by atoms with Gasteiger partial charge in [-0.05, 0) is 68.3 Å². The lowest BCUT2D eigenvalue weighted by Gasteiger charge is -2.12. The van der Waals surface area contributed by atoms with E-state index in [1.54, 1.807) is 12.1 Å². The summed E-state index contributed by atoms with van der Waals surface area (Å²) in [5.74, 6) is 0.517. The largest absolute Gasteiger partial charge is 0.489 e. The Hall–Kier alpha value is -0.590. The highest BCUT2D eigenvalue weighted by molar-refractivity contribution is 9.11. The monoisotopic (exact) mass is 465 g/mol. The second kappa shape index (κ2) is 7.43. The first-order valence-electron chi connectivity index (χ1n) is 5.83. The molecule has 0 fully saturated rings. The van der Waals surface area contributed by atoms with Crippen molar-refractivity contribution in [3.05, 3.63) is 55.6 Å². The van der Waals surface area contributed by atoms with Gasteiger partial charge in [-0.2, -0.15) is 0 Å². The van der Waals surface area contributed by atoms with Crippen molar-refractivity contribution in [1.29, 1.82) is 0 Å². The van der Waals surface area contributed by atoms with E-state index >= 15 is 0 Å². The van der Waals surface area contributed by atoms with Gasteiger partial charge < -0.3 is 10.1 Å². The Labute approximate surface area is 142 Å². The van der Waals surface area contributed by atoms with Crippen molar-refractivity contribution >= 4 is 53.5 Å². The number of ether oxygens (including phenoxy) is 1. The summed E-state index contributed by atoms with van der Waals surface area (Å²) < 4.78 is 21.2. The van der Waals surface area contributed by atoms with Crippen LogP contribution in [0.4, 0.5) is 10.1 Å². The number of hydrogen-bond donors (Lipinski definition) is 1. The zero-order valence-electron chi connectivity index (χ0n) is 10.3. The third-order valence-electron chi connectivity index (χ3n) is 2.48. The molecule has 2 nitrogen and oxygen atoms in total. The summed E-state index contributed by atoms with van der Waals surface area (Å²) in [5, 5.41) is 3.16. The number of anilines is 1. The molecule has 0 bridgehead atoms. The van der Waals surface area contributed by atoms with Gasteiger partial charge in [0.15, 0.2) is 0 Å². The van der Waals surface area contributed by atoms with Crippen LogP contribution in [0.1, 0.15) is 0 Å². The van der Waals surface area contributed by atoms with Gasteiger partial charge in [-0.1, -0.05) is 15.9 Å². The highest BCUT2D eigenvalue weighted by Crippen LogP contribution is 2.36. The van der Waals surface area contributed by atoms with Crippen LogP contribution >= 0.6 is 47.8 Å². The predicted molar refractivity (Wildman–Crippen MR) is 89.9 cm³/mol. The maximum atomic E-state index is 12.8. The van der Waals surface area contributed by atoms with Gasteiger partial charge >= 0.3 is 0 Å². The average molecular weight is 468 g/mol. The third-order valence-corrected chi connectivity index (χ3v) is 4.12. The van der Waals surface area contributed by atoms with Crippen molar-refractivity contribution in [2.75, 3.05) is 18.5 Å². The van der Waals surface area contributed by atoms with E-state index in [4.69, 9.17) is 4.74 Å². The Kier molecular flexibility index (Phi) is 5.86. The second-order valence-corrected chi connectivity index (χ2v) is 6.61. The highest BCUT2D eigenvalue weighted by atomic mass is 79.9. The summed E-state index contributed by atoms with van der Waals surface area (Å²) >= 11 is 10.3. The van der Waals surface area contributed by atoms with Crippen molar-refractivity contribution in [2.24, 2.45) is 0 Å². The van der Waals surface area contributed by atoms with E-state index in [9.17, 15) is 4.39 Å². The number of rotatable bonds is 5. The molecular weight excluding hydrogens is 457 g/mol. The van der Waals surface area contributed by atoms with Crippen LogP contribution in [0.25, 0.3) is 0 Å². The summed E-state index contributed by atoms with van der Waals surface area (Å²) in [7, 11) is 0. The van der Waals surface area contributed by atoms with Crippen molar-refractivity contribution < 1.29 is 9.13 Å². The fourth-order valence-corrected chi connectivity index (χ4v) is 4.07. The fraction of sp³-hybridized carbons (Fsp3) is 0.143.